The van der Waals surface area contributed by atoms with Gasteiger partial charge in [-0.2, -0.15) is 0 Å². The van der Waals surface area contributed by atoms with Gasteiger partial charge in [-0.05, 0) is 43.2 Å². The molecule has 41 heavy (non-hydrogen) atoms. The van der Waals surface area contributed by atoms with Crippen molar-refractivity contribution in [3.8, 4) is 5.75 Å². The first-order chi connectivity index (χ1) is 19.3. The van der Waals surface area contributed by atoms with Gasteiger partial charge in [0.05, 0.1) is 30.8 Å². The maximum Gasteiger partial charge on any atom is 0.272 e. The van der Waals surface area contributed by atoms with E-state index in [0.29, 0.717) is 21.8 Å². The van der Waals surface area contributed by atoms with E-state index < -0.39 is 53.8 Å². The number of hydrogen-bond acceptors (Lipinski definition) is 6. The number of likely N-dealkylation sites (tertiary alicyclic amines) is 1. The number of carbonyl (C=O) groups is 3. The summed E-state index contributed by atoms with van der Waals surface area (Å²) in [6.45, 7) is 2.75. The fourth-order valence-corrected chi connectivity index (χ4v) is 5.02. The molecule has 9 nitrogen and oxygen atoms in total. The zero-order valence-electron chi connectivity index (χ0n) is 22.9. The van der Waals surface area contributed by atoms with Crippen LogP contribution in [0.1, 0.15) is 41.1 Å². The summed E-state index contributed by atoms with van der Waals surface area (Å²) in [7, 11) is 0. The molecule has 0 spiro atoms. The van der Waals surface area contributed by atoms with E-state index in [0.717, 1.165) is 0 Å². The second-order valence-corrected chi connectivity index (χ2v) is 10.8. The van der Waals surface area contributed by atoms with Gasteiger partial charge in [0.1, 0.15) is 17.6 Å². The van der Waals surface area contributed by atoms with Crippen molar-refractivity contribution in [1.29, 1.82) is 0 Å². The molecule has 2 aromatic carbocycles. The third-order valence-corrected chi connectivity index (χ3v) is 7.65. The molecule has 3 aromatic rings. The Morgan fingerprint density at radius 2 is 1.78 bits per heavy atom. The minimum atomic E-state index is -3.45. The van der Waals surface area contributed by atoms with Crippen molar-refractivity contribution in [2.24, 2.45) is 5.41 Å². The quantitative estimate of drug-likeness (QED) is 0.313. The van der Waals surface area contributed by atoms with E-state index in [1.54, 1.807) is 49.4 Å². The minimum absolute atomic E-state index is 0.0136. The molecular weight excluding hydrogens is 536 g/mol. The number of phenolic OH excluding ortho intramolecular Hbond substituents is 1. The van der Waals surface area contributed by atoms with E-state index in [1.165, 1.54) is 38.3 Å². The van der Waals surface area contributed by atoms with Crippen molar-refractivity contribution in [3.63, 3.8) is 0 Å². The average Bonchev–Trinajstić information content (AvgIpc) is 3.52. The van der Waals surface area contributed by atoms with Crippen LogP contribution in [0.25, 0.3) is 0 Å². The Labute approximate surface area is 236 Å². The van der Waals surface area contributed by atoms with Crippen LogP contribution in [0.2, 0.25) is 0 Å². The number of amides is 3. The Kier molecular flexibility index (Phi) is 8.48. The molecule has 1 saturated heterocycles. The predicted octanol–water partition coefficient (Wildman–Crippen LogP) is 3.18. The van der Waals surface area contributed by atoms with Crippen LogP contribution in [0.5, 0.6) is 5.75 Å². The molecule has 3 atom stereocenters. The topological polar surface area (TPSA) is 132 Å². The summed E-state index contributed by atoms with van der Waals surface area (Å²) in [5.74, 6) is -5.80. The van der Waals surface area contributed by atoms with Crippen LogP contribution in [0, 0.1) is 12.3 Å². The lowest BCUT2D eigenvalue weighted by Gasteiger charge is -2.34. The van der Waals surface area contributed by atoms with Gasteiger partial charge in [0.15, 0.2) is 6.10 Å². The average molecular weight is 570 g/mol. The number of aliphatic hydroxyl groups excluding tert-OH is 1. The van der Waals surface area contributed by atoms with Gasteiger partial charge in [0.2, 0.25) is 5.91 Å². The summed E-state index contributed by atoms with van der Waals surface area (Å²) < 4.78 is 35.6. The molecule has 1 aliphatic heterocycles. The number of rotatable bonds is 9. The number of alkyl halides is 2. The van der Waals surface area contributed by atoms with Gasteiger partial charge in [-0.1, -0.05) is 50.2 Å². The van der Waals surface area contributed by atoms with Crippen molar-refractivity contribution >= 4 is 17.7 Å². The van der Waals surface area contributed by atoms with Gasteiger partial charge < -0.3 is 30.2 Å². The lowest BCUT2D eigenvalue weighted by atomic mass is 9.81. The van der Waals surface area contributed by atoms with E-state index in [1.807, 2.05) is 0 Å². The Morgan fingerprint density at radius 1 is 1.07 bits per heavy atom. The van der Waals surface area contributed by atoms with E-state index in [9.17, 15) is 24.6 Å². The zero-order chi connectivity index (χ0) is 29.9. The Morgan fingerprint density at radius 3 is 2.44 bits per heavy atom. The summed E-state index contributed by atoms with van der Waals surface area (Å²) in [6, 6.07) is 13.4. The molecule has 218 valence electrons. The van der Waals surface area contributed by atoms with Crippen LogP contribution in [-0.2, 0) is 22.6 Å². The first kappa shape index (κ1) is 29.7. The first-order valence-corrected chi connectivity index (χ1v) is 13.1. The third kappa shape index (κ3) is 6.09. The fraction of sp³-hybridized carbons (Fsp3) is 0.367. The largest absolute Gasteiger partial charge is 0.508 e. The summed E-state index contributed by atoms with van der Waals surface area (Å²) >= 11 is 0. The van der Waals surface area contributed by atoms with Crippen LogP contribution in [0.3, 0.4) is 0 Å². The smallest absolute Gasteiger partial charge is 0.272 e. The number of nitrogens with zero attached hydrogens (tertiary/aromatic N) is 1. The third-order valence-electron chi connectivity index (χ3n) is 7.65. The molecule has 4 rings (SSSR count). The highest BCUT2D eigenvalue weighted by Gasteiger charge is 2.64. The van der Waals surface area contributed by atoms with Crippen LogP contribution in [-0.4, -0.2) is 63.5 Å². The maximum absolute atomic E-state index is 15.2. The van der Waals surface area contributed by atoms with Gasteiger partial charge in [0.25, 0.3) is 17.7 Å². The van der Waals surface area contributed by atoms with Gasteiger partial charge in [-0.3, -0.25) is 14.4 Å². The molecule has 0 radical (unpaired) electrons. The van der Waals surface area contributed by atoms with Gasteiger partial charge in [-0.15, -0.1) is 0 Å². The summed E-state index contributed by atoms with van der Waals surface area (Å²) in [4.78, 5) is 40.8. The summed E-state index contributed by atoms with van der Waals surface area (Å²) in [6.07, 6.45) is -0.580. The van der Waals surface area contributed by atoms with E-state index in [2.05, 4.69) is 10.6 Å². The van der Waals surface area contributed by atoms with Crippen molar-refractivity contribution in [3.05, 3.63) is 89.4 Å². The molecule has 3 unspecified atom stereocenters. The molecule has 1 aromatic heterocycles. The van der Waals surface area contributed by atoms with E-state index in [4.69, 9.17) is 4.42 Å². The Hall–Kier alpha value is -4.25. The molecule has 3 amide bonds. The second kappa shape index (κ2) is 11.7. The van der Waals surface area contributed by atoms with Crippen molar-refractivity contribution in [1.82, 2.24) is 15.5 Å². The summed E-state index contributed by atoms with van der Waals surface area (Å²) in [5, 5.41) is 26.5. The SMILES string of the molecule is Cc1c(O)cccc1C(=O)NC(Cc1ccccc1)C(O)C(=O)N1CC(F)(F)C(C)(C)C1C(=O)NCc1ccco1. The number of hydrogen-bond donors (Lipinski definition) is 4. The number of carbonyl (C=O) groups excluding carboxylic acids is 3. The van der Waals surface area contributed by atoms with Gasteiger partial charge in [0, 0.05) is 11.1 Å². The zero-order valence-corrected chi connectivity index (χ0v) is 22.9. The predicted molar refractivity (Wildman–Crippen MR) is 145 cm³/mol. The van der Waals surface area contributed by atoms with Crippen LogP contribution < -0.4 is 10.6 Å². The van der Waals surface area contributed by atoms with Crippen molar-refractivity contribution in [2.45, 2.75) is 57.8 Å². The number of benzene rings is 2. The number of furan rings is 1. The Bertz CT molecular complexity index is 1390. The molecule has 2 heterocycles. The van der Waals surface area contributed by atoms with Crippen molar-refractivity contribution in [2.75, 3.05) is 6.54 Å². The normalized spacial score (nSPS) is 18.9. The molecule has 11 heteroatoms. The number of aromatic hydroxyl groups is 1. The highest BCUT2D eigenvalue weighted by molar-refractivity contribution is 5.97. The molecule has 1 fully saturated rings. The number of phenols is 1. The lowest BCUT2D eigenvalue weighted by molar-refractivity contribution is -0.148. The molecule has 0 bridgehead atoms. The molecular formula is C30H33F2N3O6. The van der Waals surface area contributed by atoms with Gasteiger partial charge in [-0.25, -0.2) is 8.78 Å². The van der Waals surface area contributed by atoms with Crippen molar-refractivity contribution < 1.29 is 37.8 Å². The fourth-order valence-electron chi connectivity index (χ4n) is 5.02. The number of halogens is 2. The molecule has 0 aliphatic carbocycles. The highest BCUT2D eigenvalue weighted by atomic mass is 19.3. The summed E-state index contributed by atoms with van der Waals surface area (Å²) in [5.41, 5.74) is -0.894. The second-order valence-electron chi connectivity index (χ2n) is 10.8. The monoisotopic (exact) mass is 569 g/mol. The first-order valence-electron chi connectivity index (χ1n) is 13.1. The van der Waals surface area contributed by atoms with E-state index >= 15 is 8.78 Å². The van der Waals surface area contributed by atoms with E-state index in [-0.39, 0.29) is 24.3 Å². The molecule has 0 saturated carbocycles. The standard InChI is InChI=1S/C30H33F2N3O6/c1-18-21(12-7-13-23(18)36)26(38)34-22(15-19-9-5-4-6-10-19)24(37)28(40)35-17-30(31,32)29(2,3)25(35)27(39)33-16-20-11-8-14-41-20/h4-14,22,24-25,36-37H,15-17H2,1-3H3,(H,33,39)(H,34,38). The maximum atomic E-state index is 15.2. The Balaban J connectivity index is 1.62. The molecule has 4 N–H and O–H groups in total. The number of nitrogens with one attached hydrogen (secondary N) is 2. The molecule has 1 aliphatic rings. The van der Waals surface area contributed by atoms with Crippen LogP contribution in [0.15, 0.2) is 71.3 Å². The lowest BCUT2D eigenvalue weighted by Crippen LogP contribution is -2.57. The minimum Gasteiger partial charge on any atom is -0.508 e. The van der Waals surface area contributed by atoms with Crippen LogP contribution in [0.4, 0.5) is 8.78 Å². The number of aliphatic hydroxyl groups is 1. The highest BCUT2D eigenvalue weighted by Crippen LogP contribution is 2.48. The van der Waals surface area contributed by atoms with Gasteiger partial charge >= 0.3 is 0 Å². The van der Waals surface area contributed by atoms with Crippen LogP contribution >= 0.6 is 0 Å².